The summed E-state index contributed by atoms with van der Waals surface area (Å²) in [6, 6.07) is 27.4. The van der Waals surface area contributed by atoms with E-state index in [0.717, 1.165) is 16.9 Å². The Labute approximate surface area is 244 Å². The standard InChI is InChI=1S/C29H18Cl4N2O2S/c30-20-12-11-19(23(31)16-20)17-37-27-24(32)13-18(14-25(27)33)15-26-28(36)35(22-9-5-2-6-10-22)29(38-26)34-21-7-3-1-4-8-21/h1-16H,17H2/b26-15+,34-29?. The van der Waals surface area contributed by atoms with Crippen molar-refractivity contribution >= 4 is 86.7 Å². The number of carbonyl (C=O) groups excluding carboxylic acids is 1. The minimum absolute atomic E-state index is 0.162. The van der Waals surface area contributed by atoms with Gasteiger partial charge in [-0.15, -0.1) is 0 Å². The van der Waals surface area contributed by atoms with Crippen LogP contribution in [-0.4, -0.2) is 11.1 Å². The molecule has 1 amide bonds. The van der Waals surface area contributed by atoms with Gasteiger partial charge in [0.15, 0.2) is 10.9 Å². The zero-order chi connectivity index (χ0) is 26.6. The van der Waals surface area contributed by atoms with E-state index < -0.39 is 0 Å². The van der Waals surface area contributed by atoms with Gasteiger partial charge in [-0.3, -0.25) is 9.69 Å². The highest BCUT2D eigenvalue weighted by Gasteiger charge is 2.34. The van der Waals surface area contributed by atoms with E-state index in [1.165, 1.54) is 11.8 Å². The molecule has 0 unspecified atom stereocenters. The number of amides is 1. The van der Waals surface area contributed by atoms with Crippen molar-refractivity contribution < 1.29 is 9.53 Å². The predicted octanol–water partition coefficient (Wildman–Crippen LogP) is 9.69. The lowest BCUT2D eigenvalue weighted by Gasteiger charge is -2.15. The first-order valence-corrected chi connectivity index (χ1v) is 13.7. The first-order valence-electron chi connectivity index (χ1n) is 11.4. The molecule has 4 nitrogen and oxygen atoms in total. The minimum atomic E-state index is -0.194. The van der Waals surface area contributed by atoms with Gasteiger partial charge in [-0.25, -0.2) is 4.99 Å². The number of hydrogen-bond donors (Lipinski definition) is 0. The number of aliphatic imine (C=N–C) groups is 1. The highest BCUT2D eigenvalue weighted by molar-refractivity contribution is 8.19. The lowest BCUT2D eigenvalue weighted by Crippen LogP contribution is -2.28. The lowest BCUT2D eigenvalue weighted by atomic mass is 10.2. The van der Waals surface area contributed by atoms with Gasteiger partial charge in [0.05, 0.1) is 26.3 Å². The van der Waals surface area contributed by atoms with Crippen LogP contribution in [0.4, 0.5) is 11.4 Å². The van der Waals surface area contributed by atoms with E-state index in [-0.39, 0.29) is 12.5 Å². The van der Waals surface area contributed by atoms with Crippen molar-refractivity contribution in [2.45, 2.75) is 6.61 Å². The third-order valence-electron chi connectivity index (χ3n) is 5.51. The van der Waals surface area contributed by atoms with E-state index >= 15 is 0 Å². The monoisotopic (exact) mass is 598 g/mol. The zero-order valence-corrected chi connectivity index (χ0v) is 23.4. The minimum Gasteiger partial charge on any atom is -0.486 e. The maximum absolute atomic E-state index is 13.5. The molecule has 4 aromatic rings. The predicted molar refractivity (Wildman–Crippen MR) is 160 cm³/mol. The summed E-state index contributed by atoms with van der Waals surface area (Å²) in [4.78, 5) is 20.3. The molecule has 5 rings (SSSR count). The maximum atomic E-state index is 13.5. The van der Waals surface area contributed by atoms with Gasteiger partial charge in [-0.2, -0.15) is 0 Å². The quantitative estimate of drug-likeness (QED) is 0.207. The van der Waals surface area contributed by atoms with Crippen molar-refractivity contribution in [2.24, 2.45) is 4.99 Å². The number of ether oxygens (including phenoxy) is 1. The fourth-order valence-corrected chi connectivity index (χ4v) is 5.78. The number of para-hydroxylation sites is 2. The van der Waals surface area contributed by atoms with Crippen molar-refractivity contribution in [1.82, 2.24) is 0 Å². The molecule has 1 aliphatic heterocycles. The Morgan fingerprint density at radius 2 is 1.47 bits per heavy atom. The molecule has 0 aromatic heterocycles. The molecule has 190 valence electrons. The molecule has 38 heavy (non-hydrogen) atoms. The summed E-state index contributed by atoms with van der Waals surface area (Å²) in [6.45, 7) is 0.162. The Balaban J connectivity index is 1.43. The Kier molecular flexibility index (Phi) is 8.32. The second-order valence-corrected chi connectivity index (χ2v) is 10.8. The van der Waals surface area contributed by atoms with Crippen molar-refractivity contribution in [3.8, 4) is 5.75 Å². The summed E-state index contributed by atoms with van der Waals surface area (Å²) >= 11 is 26.5. The number of anilines is 1. The number of nitrogens with zero attached hydrogens (tertiary/aromatic N) is 2. The number of halogens is 4. The number of hydrogen-bond acceptors (Lipinski definition) is 4. The molecule has 0 radical (unpaired) electrons. The van der Waals surface area contributed by atoms with Crippen molar-refractivity contribution in [3.63, 3.8) is 0 Å². The summed E-state index contributed by atoms with van der Waals surface area (Å²) in [5.41, 5.74) is 2.87. The smallest absolute Gasteiger partial charge is 0.271 e. The van der Waals surface area contributed by atoms with E-state index in [9.17, 15) is 4.79 Å². The number of benzene rings is 4. The topological polar surface area (TPSA) is 41.9 Å². The number of rotatable bonds is 6. The second-order valence-electron chi connectivity index (χ2n) is 8.15. The molecule has 0 bridgehead atoms. The van der Waals surface area contributed by atoms with Crippen LogP contribution >= 0.6 is 58.2 Å². The molecule has 1 saturated heterocycles. The largest absolute Gasteiger partial charge is 0.486 e. The van der Waals surface area contributed by atoms with E-state index in [0.29, 0.717) is 41.5 Å². The molecule has 0 aliphatic carbocycles. The zero-order valence-electron chi connectivity index (χ0n) is 19.6. The summed E-state index contributed by atoms with van der Waals surface area (Å²) in [5.74, 6) is 0.130. The Hall–Kier alpha value is -2.93. The van der Waals surface area contributed by atoms with Crippen LogP contribution in [0.25, 0.3) is 6.08 Å². The molecule has 0 spiro atoms. The maximum Gasteiger partial charge on any atom is 0.271 e. The Bertz CT molecular complexity index is 1540. The summed E-state index contributed by atoms with van der Waals surface area (Å²) in [7, 11) is 0. The van der Waals surface area contributed by atoms with Crippen LogP contribution in [0.3, 0.4) is 0 Å². The van der Waals surface area contributed by atoms with Crippen LogP contribution in [0, 0.1) is 0 Å². The van der Waals surface area contributed by atoms with Crippen LogP contribution < -0.4 is 9.64 Å². The average Bonchev–Trinajstić information content (AvgIpc) is 3.19. The SMILES string of the molecule is O=C1/C(=C\c2cc(Cl)c(OCc3ccc(Cl)cc3Cl)c(Cl)c2)SC(=Nc2ccccc2)N1c1ccccc1. The molecule has 1 fully saturated rings. The van der Waals surface area contributed by atoms with Gasteiger partial charge in [0.25, 0.3) is 5.91 Å². The van der Waals surface area contributed by atoms with Gasteiger partial charge in [-0.05, 0) is 71.9 Å². The van der Waals surface area contributed by atoms with Crippen LogP contribution in [0.15, 0.2) is 101 Å². The molecule has 0 N–H and O–H groups in total. The second kappa shape index (κ2) is 11.9. The third kappa shape index (κ3) is 6.04. The summed E-state index contributed by atoms with van der Waals surface area (Å²) in [6.07, 6.45) is 1.74. The van der Waals surface area contributed by atoms with E-state index in [1.54, 1.807) is 41.3 Å². The van der Waals surface area contributed by atoms with Gasteiger partial charge < -0.3 is 4.74 Å². The third-order valence-corrected chi connectivity index (χ3v) is 7.62. The Morgan fingerprint density at radius 1 is 0.816 bits per heavy atom. The molecule has 9 heteroatoms. The highest BCUT2D eigenvalue weighted by atomic mass is 35.5. The van der Waals surface area contributed by atoms with Crippen LogP contribution in [-0.2, 0) is 11.4 Å². The molecular weight excluding hydrogens is 582 g/mol. The van der Waals surface area contributed by atoms with Crippen LogP contribution in [0.1, 0.15) is 11.1 Å². The molecule has 1 aliphatic rings. The fourth-order valence-electron chi connectivity index (χ4n) is 3.71. The normalized spacial score (nSPS) is 15.5. The molecule has 0 saturated carbocycles. The molecule has 1 heterocycles. The van der Waals surface area contributed by atoms with Gasteiger partial charge in [0, 0.05) is 15.6 Å². The van der Waals surface area contributed by atoms with Crippen LogP contribution in [0.5, 0.6) is 5.75 Å². The van der Waals surface area contributed by atoms with Crippen LogP contribution in [0.2, 0.25) is 20.1 Å². The van der Waals surface area contributed by atoms with Gasteiger partial charge in [-0.1, -0.05) is 88.9 Å². The molecular formula is C29H18Cl4N2O2S. The van der Waals surface area contributed by atoms with Crippen molar-refractivity contribution in [2.75, 3.05) is 4.90 Å². The lowest BCUT2D eigenvalue weighted by molar-refractivity contribution is -0.113. The number of thioether (sulfide) groups is 1. The van der Waals surface area contributed by atoms with E-state index in [1.807, 2.05) is 60.7 Å². The fraction of sp³-hybridized carbons (Fsp3) is 0.0345. The first kappa shape index (κ1) is 26.7. The van der Waals surface area contributed by atoms with Gasteiger partial charge in [0.1, 0.15) is 6.61 Å². The molecule has 4 aromatic carbocycles. The average molecular weight is 600 g/mol. The van der Waals surface area contributed by atoms with E-state index in [4.69, 9.17) is 56.1 Å². The van der Waals surface area contributed by atoms with Crippen molar-refractivity contribution in [3.05, 3.63) is 127 Å². The van der Waals surface area contributed by atoms with Crippen molar-refractivity contribution in [1.29, 1.82) is 0 Å². The molecule has 0 atom stereocenters. The number of carbonyl (C=O) groups is 1. The number of amidine groups is 1. The van der Waals surface area contributed by atoms with Gasteiger partial charge in [0.2, 0.25) is 0 Å². The Morgan fingerprint density at radius 3 is 2.13 bits per heavy atom. The summed E-state index contributed by atoms with van der Waals surface area (Å²) in [5, 5.41) is 2.19. The summed E-state index contributed by atoms with van der Waals surface area (Å²) < 4.78 is 5.87. The first-order chi connectivity index (χ1) is 18.4. The highest BCUT2D eigenvalue weighted by Crippen LogP contribution is 2.40. The van der Waals surface area contributed by atoms with Gasteiger partial charge >= 0.3 is 0 Å². The van der Waals surface area contributed by atoms with E-state index in [2.05, 4.69) is 0 Å².